The van der Waals surface area contributed by atoms with E-state index in [9.17, 15) is 10.1 Å². The molecule has 0 aromatic heterocycles. The third-order valence-corrected chi connectivity index (χ3v) is 6.66. The molecule has 0 radical (unpaired) electrons. The fraction of sp³-hybridized carbons (Fsp3) is 0.333. The predicted molar refractivity (Wildman–Crippen MR) is 116 cm³/mol. The van der Waals surface area contributed by atoms with Gasteiger partial charge in [0.25, 0.3) is 0 Å². The molecule has 2 aromatic rings. The number of nitriles is 1. The predicted octanol–water partition coefficient (Wildman–Crippen LogP) is 2.41. The topological polar surface area (TPSA) is 103 Å². The van der Waals surface area contributed by atoms with Crippen LogP contribution in [0.1, 0.15) is 30.9 Å². The summed E-state index contributed by atoms with van der Waals surface area (Å²) in [5, 5.41) is 10.2. The lowest BCUT2D eigenvalue weighted by Crippen LogP contribution is -2.57. The maximum absolute atomic E-state index is 14.3. The largest absolute Gasteiger partial charge is 0.458 e. The third-order valence-electron chi connectivity index (χ3n) is 6.66. The van der Waals surface area contributed by atoms with Gasteiger partial charge in [0.05, 0.1) is 12.5 Å². The second-order valence-corrected chi connectivity index (χ2v) is 8.30. The molecule has 7 nitrogen and oxygen atoms in total. The van der Waals surface area contributed by atoms with Gasteiger partial charge in [0.15, 0.2) is 6.23 Å². The lowest BCUT2D eigenvalue weighted by molar-refractivity contribution is -0.127. The Morgan fingerprint density at radius 1 is 1.16 bits per heavy atom. The molecule has 2 aromatic carbocycles. The monoisotopic (exact) mass is 415 g/mol. The summed E-state index contributed by atoms with van der Waals surface area (Å²) in [6.07, 6.45) is 1.28. The van der Waals surface area contributed by atoms with Crippen molar-refractivity contribution in [1.82, 2.24) is 10.9 Å². The molecule has 31 heavy (non-hydrogen) atoms. The van der Waals surface area contributed by atoms with Crippen molar-refractivity contribution >= 4 is 11.6 Å². The van der Waals surface area contributed by atoms with Crippen LogP contribution in [0.4, 0.5) is 5.69 Å². The van der Waals surface area contributed by atoms with Crippen molar-refractivity contribution in [3.63, 3.8) is 0 Å². The van der Waals surface area contributed by atoms with Crippen LogP contribution in [0.25, 0.3) is 0 Å². The molecule has 3 heterocycles. The fourth-order valence-corrected chi connectivity index (χ4v) is 5.44. The summed E-state index contributed by atoms with van der Waals surface area (Å²) < 4.78 is 5.88. The summed E-state index contributed by atoms with van der Waals surface area (Å²) >= 11 is 0. The van der Waals surface area contributed by atoms with Crippen molar-refractivity contribution < 1.29 is 9.53 Å². The Labute approximate surface area is 181 Å². The summed E-state index contributed by atoms with van der Waals surface area (Å²) in [7, 11) is 0. The smallest absolute Gasteiger partial charge is 0.244 e. The van der Waals surface area contributed by atoms with Crippen LogP contribution < -0.4 is 21.5 Å². The molecule has 1 spiro atoms. The van der Waals surface area contributed by atoms with Gasteiger partial charge >= 0.3 is 0 Å². The van der Waals surface area contributed by atoms with Crippen LogP contribution in [0.3, 0.4) is 0 Å². The molecule has 3 aliphatic rings. The number of carbonyl (C=O) groups is 1. The van der Waals surface area contributed by atoms with E-state index in [2.05, 4.69) is 23.8 Å². The van der Waals surface area contributed by atoms with Gasteiger partial charge in [-0.25, -0.2) is 5.43 Å². The van der Waals surface area contributed by atoms with Gasteiger partial charge in [0.1, 0.15) is 17.1 Å². The first-order chi connectivity index (χ1) is 15.1. The highest BCUT2D eigenvalue weighted by Gasteiger charge is 2.66. The SMILES string of the molecule is CCCC1NNC2OC(N)=C(C#N)C3(C(=O)N(Cc4ccccc4)c4ccccc43)C12. The Morgan fingerprint density at radius 2 is 1.90 bits per heavy atom. The van der Waals surface area contributed by atoms with E-state index in [4.69, 9.17) is 10.5 Å². The molecule has 4 unspecified atom stereocenters. The van der Waals surface area contributed by atoms with Crippen LogP contribution in [0.2, 0.25) is 0 Å². The maximum atomic E-state index is 14.3. The molecule has 0 aliphatic carbocycles. The van der Waals surface area contributed by atoms with E-state index in [0.29, 0.717) is 6.54 Å². The van der Waals surface area contributed by atoms with Crippen molar-refractivity contribution in [1.29, 1.82) is 5.26 Å². The Bertz CT molecular complexity index is 1090. The molecule has 7 heteroatoms. The van der Waals surface area contributed by atoms with Gasteiger partial charge in [-0.15, -0.1) is 0 Å². The lowest BCUT2D eigenvalue weighted by atomic mass is 9.62. The highest BCUT2D eigenvalue weighted by molar-refractivity contribution is 6.11. The van der Waals surface area contributed by atoms with Gasteiger partial charge in [0, 0.05) is 11.7 Å². The Hall–Kier alpha value is -3.34. The number of hydrogen-bond acceptors (Lipinski definition) is 6. The number of nitrogens with two attached hydrogens (primary N) is 1. The fourth-order valence-electron chi connectivity index (χ4n) is 5.44. The Balaban J connectivity index is 1.72. The Morgan fingerprint density at radius 3 is 2.65 bits per heavy atom. The van der Waals surface area contributed by atoms with Gasteiger partial charge in [0.2, 0.25) is 11.8 Å². The number of fused-ring (bicyclic) bond motifs is 4. The number of anilines is 1. The molecule has 0 bridgehead atoms. The minimum atomic E-state index is -1.19. The van der Waals surface area contributed by atoms with Crippen LogP contribution in [-0.2, 0) is 21.5 Å². The number of hydrogen-bond donors (Lipinski definition) is 3. The summed E-state index contributed by atoms with van der Waals surface area (Å²) in [6.45, 7) is 2.53. The van der Waals surface area contributed by atoms with Gasteiger partial charge in [-0.3, -0.25) is 10.2 Å². The number of hydrazine groups is 1. The summed E-state index contributed by atoms with van der Waals surface area (Å²) in [6, 6.07) is 19.8. The van der Waals surface area contributed by atoms with E-state index >= 15 is 0 Å². The first kappa shape index (κ1) is 19.6. The molecule has 5 rings (SSSR count). The first-order valence-electron chi connectivity index (χ1n) is 10.7. The second kappa shape index (κ2) is 7.41. The van der Waals surface area contributed by atoms with Crippen LogP contribution in [0.5, 0.6) is 0 Å². The van der Waals surface area contributed by atoms with E-state index in [1.165, 1.54) is 0 Å². The average molecular weight is 415 g/mol. The number of para-hydroxylation sites is 1. The molecule has 4 atom stereocenters. The molecule has 1 amide bonds. The van der Waals surface area contributed by atoms with Gasteiger partial charge < -0.3 is 15.4 Å². The van der Waals surface area contributed by atoms with Gasteiger partial charge in [-0.1, -0.05) is 61.9 Å². The number of nitrogens with one attached hydrogen (secondary N) is 2. The Kier molecular flexibility index (Phi) is 4.69. The third kappa shape index (κ3) is 2.69. The minimum Gasteiger partial charge on any atom is -0.458 e. The van der Waals surface area contributed by atoms with Gasteiger partial charge in [-0.2, -0.15) is 5.26 Å². The molecule has 3 aliphatic heterocycles. The number of benzene rings is 2. The number of ether oxygens (including phenoxy) is 1. The van der Waals surface area contributed by atoms with E-state index < -0.39 is 11.6 Å². The van der Waals surface area contributed by atoms with Crippen molar-refractivity contribution in [2.24, 2.45) is 11.7 Å². The highest BCUT2D eigenvalue weighted by Crippen LogP contribution is 2.56. The van der Waals surface area contributed by atoms with Crippen molar-refractivity contribution in [3.05, 3.63) is 77.2 Å². The van der Waals surface area contributed by atoms with Gasteiger partial charge in [-0.05, 0) is 23.6 Å². The maximum Gasteiger partial charge on any atom is 0.244 e. The van der Waals surface area contributed by atoms with Crippen molar-refractivity contribution in [2.45, 2.75) is 44.0 Å². The molecule has 0 saturated carbocycles. The first-order valence-corrected chi connectivity index (χ1v) is 10.7. The molecular weight excluding hydrogens is 390 g/mol. The zero-order valence-electron chi connectivity index (χ0n) is 17.3. The number of amides is 1. The highest BCUT2D eigenvalue weighted by atomic mass is 16.5. The van der Waals surface area contributed by atoms with Crippen LogP contribution in [-0.4, -0.2) is 18.2 Å². The number of nitrogens with zero attached hydrogens (tertiary/aromatic N) is 2. The van der Waals surface area contributed by atoms with Crippen LogP contribution in [0, 0.1) is 17.2 Å². The summed E-state index contributed by atoms with van der Waals surface area (Å²) in [5.74, 6) is -0.411. The molecule has 1 saturated heterocycles. The molecule has 1 fully saturated rings. The zero-order chi connectivity index (χ0) is 21.6. The molecule has 158 valence electrons. The van der Waals surface area contributed by atoms with E-state index in [-0.39, 0.29) is 29.3 Å². The second-order valence-electron chi connectivity index (χ2n) is 8.30. The van der Waals surface area contributed by atoms with E-state index in [1.54, 1.807) is 4.90 Å². The van der Waals surface area contributed by atoms with Crippen molar-refractivity contribution in [2.75, 3.05) is 4.90 Å². The molecule has 4 N–H and O–H groups in total. The minimum absolute atomic E-state index is 0.0138. The van der Waals surface area contributed by atoms with Crippen LogP contribution in [0.15, 0.2) is 66.1 Å². The number of rotatable bonds is 4. The lowest BCUT2D eigenvalue weighted by Gasteiger charge is -2.42. The number of carbonyl (C=O) groups excluding carboxylic acids is 1. The van der Waals surface area contributed by atoms with Crippen LogP contribution >= 0.6 is 0 Å². The van der Waals surface area contributed by atoms with E-state index in [1.807, 2.05) is 54.6 Å². The molecular formula is C24H25N5O2. The zero-order valence-corrected chi connectivity index (χ0v) is 17.3. The average Bonchev–Trinajstić information content (AvgIpc) is 3.28. The normalized spacial score (nSPS) is 29.0. The summed E-state index contributed by atoms with van der Waals surface area (Å²) in [4.78, 5) is 16.1. The van der Waals surface area contributed by atoms with E-state index in [0.717, 1.165) is 29.7 Å². The van der Waals surface area contributed by atoms with Crippen molar-refractivity contribution in [3.8, 4) is 6.07 Å². The summed E-state index contributed by atoms with van der Waals surface area (Å²) in [5.41, 5.74) is 14.4. The standard InChI is InChI=1S/C24H25N5O2/c1-2-8-18-20-22(28-27-18)31-21(26)17(13-25)24(20)16-11-6-7-12-19(16)29(23(24)30)14-15-9-4-3-5-10-15/h3-7,9-12,18,20,22,27-28H,2,8,14,26H2,1H3. The quantitative estimate of drug-likeness (QED) is 0.709.